The van der Waals surface area contributed by atoms with Crippen LogP contribution >= 0.6 is 0 Å². The van der Waals surface area contributed by atoms with Crippen molar-refractivity contribution in [2.24, 2.45) is 0 Å². The molecule has 0 fully saturated rings. The van der Waals surface area contributed by atoms with Crippen molar-refractivity contribution in [2.75, 3.05) is 4.31 Å². The van der Waals surface area contributed by atoms with E-state index in [9.17, 15) is 31.6 Å². The van der Waals surface area contributed by atoms with Crippen molar-refractivity contribution in [1.82, 2.24) is 10.5 Å². The van der Waals surface area contributed by atoms with Crippen molar-refractivity contribution in [3.8, 4) is 11.5 Å². The van der Waals surface area contributed by atoms with E-state index in [1.54, 1.807) is 54.6 Å². The number of fused-ring (bicyclic) bond motifs is 1. The van der Waals surface area contributed by atoms with E-state index in [1.807, 2.05) is 6.07 Å². The number of pyridine rings is 1. The van der Waals surface area contributed by atoms with Gasteiger partial charge in [-0.3, -0.25) is 19.3 Å². The average molecular weight is 594 g/mol. The number of hydrogen-bond donors (Lipinski definition) is 2. The maximum atomic E-state index is 14.2. The largest absolute Gasteiger partial charge is 0.457 e. The van der Waals surface area contributed by atoms with E-state index in [4.69, 9.17) is 4.74 Å². The number of amides is 1. The molecule has 5 aromatic rings. The Labute approximate surface area is 238 Å². The molecular weight excluding hydrogens is 571 g/mol. The summed E-state index contributed by atoms with van der Waals surface area (Å²) < 4.78 is 75.5. The molecule has 0 atom stereocenters. The van der Waals surface area contributed by atoms with Gasteiger partial charge in [0.15, 0.2) is 0 Å². The second-order valence-electron chi connectivity index (χ2n) is 9.07. The van der Waals surface area contributed by atoms with Crippen LogP contribution in [-0.2, 0) is 22.7 Å². The summed E-state index contributed by atoms with van der Waals surface area (Å²) in [5.74, 6) is -0.191. The number of nitrogens with one attached hydrogen (secondary N) is 1. The van der Waals surface area contributed by atoms with Crippen molar-refractivity contribution in [1.29, 1.82) is 0 Å². The number of carbonyl (C=O) groups is 1. The number of para-hydroxylation sites is 1. The summed E-state index contributed by atoms with van der Waals surface area (Å²) in [6.45, 7) is -0.294. The number of nitrogens with zero attached hydrogens (tertiary/aromatic N) is 2. The fourth-order valence-electron chi connectivity index (χ4n) is 4.32. The Morgan fingerprint density at radius 2 is 1.50 bits per heavy atom. The van der Waals surface area contributed by atoms with Gasteiger partial charge in [-0.2, -0.15) is 13.2 Å². The van der Waals surface area contributed by atoms with Gasteiger partial charge in [-0.1, -0.05) is 54.6 Å². The van der Waals surface area contributed by atoms with Crippen molar-refractivity contribution in [3.63, 3.8) is 0 Å². The number of anilines is 1. The summed E-state index contributed by atoms with van der Waals surface area (Å²) in [4.78, 5) is 16.5. The number of hydrogen-bond acceptors (Lipinski definition) is 6. The number of sulfonamides is 1. The fraction of sp³-hybridized carbons (Fsp3) is 0.0667. The molecule has 0 unspecified atom stereocenters. The van der Waals surface area contributed by atoms with Crippen LogP contribution in [0.1, 0.15) is 21.5 Å². The number of ether oxygens (including phenoxy) is 1. The summed E-state index contributed by atoms with van der Waals surface area (Å²) in [6, 6.07) is 25.5. The molecule has 0 aliphatic rings. The highest BCUT2D eigenvalue weighted by Crippen LogP contribution is 2.38. The topological polar surface area (TPSA) is 109 Å². The van der Waals surface area contributed by atoms with Crippen LogP contribution in [0.2, 0.25) is 0 Å². The molecule has 12 heteroatoms. The molecule has 4 aromatic carbocycles. The lowest BCUT2D eigenvalue weighted by Crippen LogP contribution is -2.33. The molecule has 1 aromatic heterocycles. The Morgan fingerprint density at radius 1 is 0.881 bits per heavy atom. The van der Waals surface area contributed by atoms with Crippen LogP contribution in [-0.4, -0.2) is 24.5 Å². The van der Waals surface area contributed by atoms with E-state index >= 15 is 0 Å². The van der Waals surface area contributed by atoms with E-state index in [-0.39, 0.29) is 33.6 Å². The van der Waals surface area contributed by atoms with Gasteiger partial charge in [-0.25, -0.2) is 13.9 Å². The van der Waals surface area contributed by atoms with E-state index in [0.29, 0.717) is 17.1 Å². The van der Waals surface area contributed by atoms with Crippen LogP contribution in [0.25, 0.3) is 10.9 Å². The van der Waals surface area contributed by atoms with Crippen molar-refractivity contribution >= 4 is 32.5 Å². The Hall–Kier alpha value is -4.94. The Balaban J connectivity index is 1.68. The second-order valence-corrected chi connectivity index (χ2v) is 10.9. The summed E-state index contributed by atoms with van der Waals surface area (Å²) in [6.07, 6.45) is -3.76. The van der Waals surface area contributed by atoms with Gasteiger partial charge in [0.2, 0.25) is 0 Å². The highest BCUT2D eigenvalue weighted by Gasteiger charge is 2.34. The van der Waals surface area contributed by atoms with Crippen molar-refractivity contribution in [2.45, 2.75) is 17.6 Å². The van der Waals surface area contributed by atoms with Crippen LogP contribution in [0.15, 0.2) is 114 Å². The molecule has 214 valence electrons. The molecule has 1 heterocycles. The first-order valence-electron chi connectivity index (χ1n) is 12.4. The van der Waals surface area contributed by atoms with E-state index in [2.05, 4.69) is 4.98 Å². The van der Waals surface area contributed by atoms with Crippen LogP contribution in [0.5, 0.6) is 11.5 Å². The third kappa shape index (κ3) is 5.90. The van der Waals surface area contributed by atoms with Crippen molar-refractivity contribution < 1.29 is 36.3 Å². The monoisotopic (exact) mass is 593 g/mol. The number of alkyl halides is 3. The molecule has 0 aliphatic carbocycles. The number of rotatable bonds is 8. The van der Waals surface area contributed by atoms with E-state index in [1.165, 1.54) is 29.7 Å². The summed E-state index contributed by atoms with van der Waals surface area (Å²) in [5.41, 5.74) is 0.167. The van der Waals surface area contributed by atoms with Gasteiger partial charge in [0.1, 0.15) is 11.5 Å². The van der Waals surface area contributed by atoms with Gasteiger partial charge in [0.05, 0.1) is 33.8 Å². The lowest BCUT2D eigenvalue weighted by atomic mass is 10.1. The maximum absolute atomic E-state index is 14.2. The zero-order valence-corrected chi connectivity index (χ0v) is 22.4. The molecule has 0 aliphatic heterocycles. The van der Waals surface area contributed by atoms with Crippen molar-refractivity contribution in [3.05, 3.63) is 126 Å². The van der Waals surface area contributed by atoms with Gasteiger partial charge in [-0.15, -0.1) is 0 Å². The SMILES string of the molecule is O=C(NO)c1cnc2cc(C(F)(F)F)ccc2c1N(Cc1ccccc1)S(=O)(=O)c1ccc(Oc2ccccc2)cc1. The Morgan fingerprint density at radius 3 is 2.12 bits per heavy atom. The first kappa shape index (κ1) is 28.6. The molecule has 0 saturated heterocycles. The normalized spacial score (nSPS) is 11.7. The number of hydroxylamine groups is 1. The minimum atomic E-state index is -4.68. The number of aromatic nitrogens is 1. The van der Waals surface area contributed by atoms with Gasteiger partial charge in [-0.05, 0) is 54.1 Å². The third-order valence-electron chi connectivity index (χ3n) is 6.32. The molecule has 0 spiro atoms. The van der Waals surface area contributed by atoms with Crippen LogP contribution in [0.4, 0.5) is 18.9 Å². The van der Waals surface area contributed by atoms with Crippen LogP contribution in [0.3, 0.4) is 0 Å². The lowest BCUT2D eigenvalue weighted by molar-refractivity contribution is -0.137. The van der Waals surface area contributed by atoms with Gasteiger partial charge < -0.3 is 4.74 Å². The van der Waals surface area contributed by atoms with Gasteiger partial charge in [0, 0.05) is 11.6 Å². The van der Waals surface area contributed by atoms with Crippen LogP contribution in [0, 0.1) is 0 Å². The standard InChI is InChI=1S/C30H22F3N3O5S/c31-30(32,33)21-11-16-25-27(17-21)34-18-26(29(37)35-38)28(25)36(19-20-7-3-1-4-8-20)42(39,40)24-14-12-23(13-15-24)41-22-9-5-2-6-10-22/h1-18,38H,19H2,(H,35,37). The average Bonchev–Trinajstić information content (AvgIpc) is 2.99. The minimum absolute atomic E-state index is 0.0485. The summed E-state index contributed by atoms with van der Waals surface area (Å²) in [7, 11) is -4.47. The zero-order valence-electron chi connectivity index (χ0n) is 21.6. The maximum Gasteiger partial charge on any atom is 0.416 e. The first-order valence-corrected chi connectivity index (χ1v) is 13.9. The second kappa shape index (κ2) is 11.5. The van der Waals surface area contributed by atoms with E-state index in [0.717, 1.165) is 28.7 Å². The molecule has 5 rings (SSSR count). The molecule has 1 amide bonds. The Kier molecular flexibility index (Phi) is 7.83. The highest BCUT2D eigenvalue weighted by atomic mass is 32.2. The third-order valence-corrected chi connectivity index (χ3v) is 8.08. The fourth-order valence-corrected chi connectivity index (χ4v) is 5.81. The molecule has 0 radical (unpaired) electrons. The quantitative estimate of drug-likeness (QED) is 0.156. The molecule has 2 N–H and O–H groups in total. The highest BCUT2D eigenvalue weighted by molar-refractivity contribution is 7.92. The zero-order chi connectivity index (χ0) is 29.9. The lowest BCUT2D eigenvalue weighted by Gasteiger charge is -2.28. The number of halogens is 3. The predicted octanol–water partition coefficient (Wildman–Crippen LogP) is 6.56. The first-order chi connectivity index (χ1) is 20.1. The van der Waals surface area contributed by atoms with Gasteiger partial charge >= 0.3 is 6.18 Å². The minimum Gasteiger partial charge on any atom is -0.457 e. The molecule has 0 saturated carbocycles. The smallest absolute Gasteiger partial charge is 0.416 e. The number of benzene rings is 4. The number of carbonyl (C=O) groups excluding carboxylic acids is 1. The molecule has 8 nitrogen and oxygen atoms in total. The van der Waals surface area contributed by atoms with E-state index < -0.39 is 27.7 Å². The van der Waals surface area contributed by atoms with Gasteiger partial charge in [0.25, 0.3) is 15.9 Å². The summed E-state index contributed by atoms with van der Waals surface area (Å²) in [5, 5.41) is 9.37. The predicted molar refractivity (Wildman–Crippen MR) is 149 cm³/mol. The molecular formula is C30H22F3N3O5S. The molecule has 0 bridgehead atoms. The molecule has 42 heavy (non-hydrogen) atoms. The summed E-state index contributed by atoms with van der Waals surface area (Å²) >= 11 is 0. The van der Waals surface area contributed by atoms with Crippen LogP contribution < -0.4 is 14.5 Å². The Bertz CT molecular complexity index is 1830.